The van der Waals surface area contributed by atoms with E-state index >= 15 is 0 Å². The van der Waals surface area contributed by atoms with E-state index < -0.39 is 6.43 Å². The van der Waals surface area contributed by atoms with Crippen LogP contribution >= 0.6 is 22.6 Å². The number of nitrogens with zero attached hydrogens (tertiary/aromatic N) is 1. The van der Waals surface area contributed by atoms with Gasteiger partial charge in [0, 0.05) is 15.8 Å². The van der Waals surface area contributed by atoms with Crippen LogP contribution in [0, 0.1) is 10.5 Å². The third-order valence-electron chi connectivity index (χ3n) is 1.73. The van der Waals surface area contributed by atoms with Gasteiger partial charge in [-0.05, 0) is 41.1 Å². The van der Waals surface area contributed by atoms with Crippen LogP contribution in [0.25, 0.3) is 0 Å². The van der Waals surface area contributed by atoms with Crippen LogP contribution in [0.4, 0.5) is 8.78 Å². The van der Waals surface area contributed by atoms with Gasteiger partial charge in [0.05, 0.1) is 0 Å². The van der Waals surface area contributed by atoms with Crippen molar-refractivity contribution >= 4 is 22.6 Å². The van der Waals surface area contributed by atoms with Gasteiger partial charge in [0.1, 0.15) is 5.69 Å². The van der Waals surface area contributed by atoms with Crippen molar-refractivity contribution < 1.29 is 8.78 Å². The van der Waals surface area contributed by atoms with Crippen LogP contribution in [0.1, 0.15) is 23.4 Å². The first-order chi connectivity index (χ1) is 6.06. The van der Waals surface area contributed by atoms with Gasteiger partial charge in [0.2, 0.25) is 0 Å². The summed E-state index contributed by atoms with van der Waals surface area (Å²) in [5, 5.41) is 0. The van der Waals surface area contributed by atoms with Crippen molar-refractivity contribution in [3.63, 3.8) is 0 Å². The second-order valence-corrected chi connectivity index (χ2v) is 3.77. The summed E-state index contributed by atoms with van der Waals surface area (Å²) in [6.07, 6.45) is -2.52. The molecule has 0 fully saturated rings. The molecular weight excluding hydrogens is 289 g/mol. The highest BCUT2D eigenvalue weighted by Gasteiger charge is 2.14. The fourth-order valence-corrected chi connectivity index (χ4v) is 1.73. The lowest BCUT2D eigenvalue weighted by Gasteiger charge is -2.07. The second kappa shape index (κ2) is 4.28. The van der Waals surface area contributed by atoms with Gasteiger partial charge in [-0.2, -0.15) is 0 Å². The van der Waals surface area contributed by atoms with Crippen molar-refractivity contribution in [3.05, 3.63) is 26.6 Å². The monoisotopic (exact) mass is 298 g/mol. The summed E-state index contributed by atoms with van der Waals surface area (Å²) in [7, 11) is 0. The molecule has 0 aromatic carbocycles. The Kier molecular flexibility index (Phi) is 3.55. The Balaban J connectivity index is 3.20. The standard InChI is InChI=1S/C8H9F2IN2/c1-4-5(3-12)2-6(11)7(13-4)8(9)10/h2,8H,3,12H2,1H3. The average Bonchev–Trinajstić information content (AvgIpc) is 2.07. The summed E-state index contributed by atoms with van der Waals surface area (Å²) in [6.45, 7) is 2.02. The molecule has 0 aliphatic rings. The molecule has 0 saturated heterocycles. The number of rotatable bonds is 2. The quantitative estimate of drug-likeness (QED) is 0.852. The molecule has 0 aliphatic carbocycles. The van der Waals surface area contributed by atoms with Crippen molar-refractivity contribution in [1.29, 1.82) is 0 Å². The third-order valence-corrected chi connectivity index (χ3v) is 2.59. The largest absolute Gasteiger partial charge is 0.326 e. The highest BCUT2D eigenvalue weighted by molar-refractivity contribution is 14.1. The maximum atomic E-state index is 12.3. The average molecular weight is 298 g/mol. The van der Waals surface area contributed by atoms with Gasteiger partial charge in [-0.25, -0.2) is 8.78 Å². The predicted molar refractivity (Wildman–Crippen MR) is 54.5 cm³/mol. The highest BCUT2D eigenvalue weighted by atomic mass is 127. The number of aromatic nitrogens is 1. The summed E-state index contributed by atoms with van der Waals surface area (Å²) >= 11 is 1.84. The van der Waals surface area contributed by atoms with Crippen molar-refractivity contribution in [1.82, 2.24) is 4.98 Å². The number of pyridine rings is 1. The van der Waals surface area contributed by atoms with Gasteiger partial charge in [-0.1, -0.05) is 0 Å². The first-order valence-electron chi connectivity index (χ1n) is 3.70. The second-order valence-electron chi connectivity index (χ2n) is 2.60. The predicted octanol–water partition coefficient (Wildman–Crippen LogP) is 2.39. The van der Waals surface area contributed by atoms with Gasteiger partial charge < -0.3 is 5.73 Å². The van der Waals surface area contributed by atoms with Crippen LogP contribution in [0.15, 0.2) is 6.07 Å². The maximum Gasteiger partial charge on any atom is 0.281 e. The summed E-state index contributed by atoms with van der Waals surface area (Å²) in [5.41, 5.74) is 6.65. The summed E-state index contributed by atoms with van der Waals surface area (Å²) in [4.78, 5) is 3.81. The minimum atomic E-state index is -2.52. The molecule has 13 heavy (non-hydrogen) atoms. The summed E-state index contributed by atoms with van der Waals surface area (Å²) in [5.74, 6) is 0. The Morgan fingerprint density at radius 1 is 1.62 bits per heavy atom. The lowest BCUT2D eigenvalue weighted by Crippen LogP contribution is -2.05. The molecule has 2 nitrogen and oxygen atoms in total. The molecule has 0 atom stereocenters. The Morgan fingerprint density at radius 3 is 2.69 bits per heavy atom. The van der Waals surface area contributed by atoms with Crippen LogP contribution < -0.4 is 5.73 Å². The van der Waals surface area contributed by atoms with Gasteiger partial charge in [0.25, 0.3) is 6.43 Å². The third kappa shape index (κ3) is 2.34. The molecule has 0 spiro atoms. The number of hydrogen-bond acceptors (Lipinski definition) is 2. The zero-order valence-electron chi connectivity index (χ0n) is 7.02. The fourth-order valence-electron chi connectivity index (χ4n) is 0.997. The zero-order valence-corrected chi connectivity index (χ0v) is 9.18. The molecule has 0 unspecified atom stereocenters. The molecule has 2 N–H and O–H groups in total. The molecule has 0 saturated carbocycles. The van der Waals surface area contributed by atoms with E-state index in [1.807, 2.05) is 22.6 Å². The number of halogens is 3. The molecule has 72 valence electrons. The van der Waals surface area contributed by atoms with Crippen LogP contribution in [-0.2, 0) is 6.54 Å². The van der Waals surface area contributed by atoms with Crippen molar-refractivity contribution in [2.45, 2.75) is 19.9 Å². The number of hydrogen-bond donors (Lipinski definition) is 1. The van der Waals surface area contributed by atoms with Crippen LogP contribution in [0.2, 0.25) is 0 Å². The van der Waals surface area contributed by atoms with E-state index in [1.54, 1.807) is 13.0 Å². The minimum Gasteiger partial charge on any atom is -0.326 e. The minimum absolute atomic E-state index is 0.157. The molecule has 0 bridgehead atoms. The summed E-state index contributed by atoms with van der Waals surface area (Å²) < 4.78 is 25.2. The van der Waals surface area contributed by atoms with Crippen molar-refractivity contribution in [2.75, 3.05) is 0 Å². The molecule has 1 heterocycles. The van der Waals surface area contributed by atoms with Gasteiger partial charge in [-0.15, -0.1) is 0 Å². The van der Waals surface area contributed by atoms with E-state index in [0.717, 1.165) is 5.56 Å². The zero-order chi connectivity index (χ0) is 10.0. The van der Waals surface area contributed by atoms with Gasteiger partial charge >= 0.3 is 0 Å². The Morgan fingerprint density at radius 2 is 2.23 bits per heavy atom. The van der Waals surface area contributed by atoms with Crippen molar-refractivity contribution in [2.24, 2.45) is 5.73 Å². The van der Waals surface area contributed by atoms with Crippen molar-refractivity contribution in [3.8, 4) is 0 Å². The molecule has 5 heteroatoms. The Labute approximate surface area is 88.7 Å². The van der Waals surface area contributed by atoms with E-state index in [4.69, 9.17) is 5.73 Å². The topological polar surface area (TPSA) is 38.9 Å². The number of aryl methyl sites for hydroxylation is 1. The van der Waals surface area contributed by atoms with E-state index in [2.05, 4.69) is 4.98 Å². The molecule has 1 aromatic rings. The first-order valence-corrected chi connectivity index (χ1v) is 4.78. The fraction of sp³-hybridized carbons (Fsp3) is 0.375. The van der Waals surface area contributed by atoms with Crippen LogP contribution in [0.3, 0.4) is 0 Å². The van der Waals surface area contributed by atoms with Crippen LogP contribution in [-0.4, -0.2) is 4.98 Å². The van der Waals surface area contributed by atoms with E-state index in [0.29, 0.717) is 15.8 Å². The van der Waals surface area contributed by atoms with Gasteiger partial charge in [0.15, 0.2) is 0 Å². The molecule has 0 amide bonds. The molecule has 0 aliphatic heterocycles. The van der Waals surface area contributed by atoms with Gasteiger partial charge in [-0.3, -0.25) is 4.98 Å². The van der Waals surface area contributed by atoms with E-state index in [1.165, 1.54) is 0 Å². The normalized spacial score (nSPS) is 10.9. The lowest BCUT2D eigenvalue weighted by atomic mass is 10.2. The lowest BCUT2D eigenvalue weighted by molar-refractivity contribution is 0.145. The molecule has 0 radical (unpaired) electrons. The van der Waals surface area contributed by atoms with E-state index in [9.17, 15) is 8.78 Å². The smallest absolute Gasteiger partial charge is 0.281 e. The Hall–Kier alpha value is -0.300. The maximum absolute atomic E-state index is 12.3. The number of nitrogens with two attached hydrogens (primary N) is 1. The molecule has 1 rings (SSSR count). The first kappa shape index (κ1) is 10.8. The Bertz CT molecular complexity index is 315. The molecule has 1 aromatic heterocycles. The summed E-state index contributed by atoms with van der Waals surface area (Å²) in [6, 6.07) is 1.66. The SMILES string of the molecule is Cc1nc(C(F)F)c(I)cc1CN. The van der Waals surface area contributed by atoms with E-state index in [-0.39, 0.29) is 5.69 Å². The molecular formula is C8H9F2IN2. The van der Waals surface area contributed by atoms with Crippen LogP contribution in [0.5, 0.6) is 0 Å². The highest BCUT2D eigenvalue weighted by Crippen LogP contribution is 2.24. The number of alkyl halides is 2.